The lowest BCUT2D eigenvalue weighted by molar-refractivity contribution is 1.12. The third-order valence-corrected chi connectivity index (χ3v) is 12.5. The summed E-state index contributed by atoms with van der Waals surface area (Å²) in [4.78, 5) is 5.30. The van der Waals surface area contributed by atoms with Crippen molar-refractivity contribution >= 4 is 43.6 Å². The van der Waals surface area contributed by atoms with Gasteiger partial charge < -0.3 is 9.13 Å². The van der Waals surface area contributed by atoms with E-state index in [9.17, 15) is 5.26 Å². The molecule has 4 heteroatoms. The fourth-order valence-corrected chi connectivity index (χ4v) is 9.66. The van der Waals surface area contributed by atoms with Gasteiger partial charge in [0.2, 0.25) is 0 Å². The Kier molecular flexibility index (Phi) is 8.73. The van der Waals surface area contributed by atoms with Gasteiger partial charge in [-0.3, -0.25) is 0 Å². The van der Waals surface area contributed by atoms with Gasteiger partial charge in [-0.15, -0.1) is 0 Å². The zero-order chi connectivity index (χ0) is 42.1. The van der Waals surface area contributed by atoms with Crippen molar-refractivity contribution in [3.8, 4) is 62.2 Å². The maximum Gasteiger partial charge on any atom is 0.104 e. The maximum absolute atomic E-state index is 11.6. The lowest BCUT2D eigenvalue weighted by atomic mass is 9.97. The number of hydrogen-bond acceptors (Lipinski definition) is 2. The second-order valence-corrected chi connectivity index (χ2v) is 16.6. The summed E-state index contributed by atoms with van der Waals surface area (Å²) in [5.74, 6) is 0. The Labute approximate surface area is 361 Å². The Morgan fingerprint density at radius 1 is 0.387 bits per heavy atom. The predicted molar refractivity (Wildman–Crippen MR) is 258 cm³/mol. The van der Waals surface area contributed by atoms with Crippen molar-refractivity contribution in [2.75, 3.05) is 0 Å². The Morgan fingerprint density at radius 2 is 0.855 bits per heavy atom. The molecule has 0 atom stereocenters. The van der Waals surface area contributed by atoms with Crippen LogP contribution in [0.4, 0.5) is 0 Å². The highest BCUT2D eigenvalue weighted by Crippen LogP contribution is 2.42. The molecular formula is C58H42N4. The van der Waals surface area contributed by atoms with E-state index in [1.54, 1.807) is 0 Å². The summed E-state index contributed by atoms with van der Waals surface area (Å²) in [6.07, 6.45) is 0. The van der Waals surface area contributed by atoms with Crippen molar-refractivity contribution in [1.82, 2.24) is 14.1 Å². The van der Waals surface area contributed by atoms with Crippen molar-refractivity contribution in [2.24, 2.45) is 0 Å². The molecule has 11 aromatic rings. The van der Waals surface area contributed by atoms with Crippen LogP contribution in [0.5, 0.6) is 0 Å². The molecule has 0 bridgehead atoms. The largest absolute Gasteiger partial charge is 0.308 e. The zero-order valence-corrected chi connectivity index (χ0v) is 35.1. The highest BCUT2D eigenvalue weighted by molar-refractivity contribution is 6.12. The van der Waals surface area contributed by atoms with E-state index < -0.39 is 0 Å². The zero-order valence-electron chi connectivity index (χ0n) is 35.1. The molecule has 62 heavy (non-hydrogen) atoms. The smallest absolute Gasteiger partial charge is 0.104 e. The van der Waals surface area contributed by atoms with Crippen molar-refractivity contribution in [3.05, 3.63) is 210 Å². The lowest BCUT2D eigenvalue weighted by Gasteiger charge is -2.19. The van der Waals surface area contributed by atoms with Crippen LogP contribution in [-0.2, 0) is 0 Å². The van der Waals surface area contributed by atoms with E-state index in [0.29, 0.717) is 5.56 Å². The molecule has 0 radical (unpaired) electrons. The van der Waals surface area contributed by atoms with Crippen molar-refractivity contribution < 1.29 is 0 Å². The normalized spacial score (nSPS) is 11.5. The Balaban J connectivity index is 1.26. The van der Waals surface area contributed by atoms with E-state index in [2.05, 4.69) is 207 Å². The molecule has 0 amide bonds. The van der Waals surface area contributed by atoms with E-state index in [0.717, 1.165) is 88.6 Å². The molecule has 0 saturated carbocycles. The molecule has 0 saturated heterocycles. The van der Waals surface area contributed by atoms with Crippen LogP contribution in [-0.4, -0.2) is 14.1 Å². The van der Waals surface area contributed by atoms with Gasteiger partial charge in [-0.1, -0.05) is 145 Å². The number of nitrogens with zero attached hydrogens (tertiary/aromatic N) is 4. The van der Waals surface area contributed by atoms with Crippen LogP contribution >= 0.6 is 0 Å². The molecule has 0 spiro atoms. The Morgan fingerprint density at radius 3 is 1.35 bits per heavy atom. The standard InChI is InChI=1S/C58H42N4/c1-36-21-25-44(38(3)29-36)41-23-27-48-46-15-8-10-19-53(46)61(55(48)31-41)57-33-43(52-18-12-17-51(60-52)40-13-6-5-7-14-40)34-58(50(57)35-59)62-54-20-11-9-16-47(54)49-28-24-42(32-56(49)62)45-26-22-37(2)30-39(45)4/h5-34H,1-4H3. The van der Waals surface area contributed by atoms with Crippen LogP contribution in [0.2, 0.25) is 0 Å². The third-order valence-electron chi connectivity index (χ3n) is 12.5. The number of aromatic nitrogens is 3. The quantitative estimate of drug-likeness (QED) is 0.168. The number of benzene rings is 8. The number of pyridine rings is 1. The van der Waals surface area contributed by atoms with Crippen molar-refractivity contribution in [2.45, 2.75) is 27.7 Å². The fourth-order valence-electron chi connectivity index (χ4n) is 9.66. The molecule has 0 aliphatic carbocycles. The molecule has 294 valence electrons. The summed E-state index contributed by atoms with van der Waals surface area (Å²) >= 11 is 0. The number of nitriles is 1. The monoisotopic (exact) mass is 794 g/mol. The number of aryl methyl sites for hydroxylation is 4. The van der Waals surface area contributed by atoms with Gasteiger partial charge in [-0.05, 0) is 110 Å². The van der Waals surface area contributed by atoms with Crippen LogP contribution in [0.1, 0.15) is 27.8 Å². The first-order valence-electron chi connectivity index (χ1n) is 21.2. The molecule has 3 aromatic heterocycles. The van der Waals surface area contributed by atoms with Gasteiger partial charge in [0.15, 0.2) is 0 Å². The number of hydrogen-bond donors (Lipinski definition) is 0. The first-order chi connectivity index (χ1) is 30.3. The minimum Gasteiger partial charge on any atom is -0.308 e. The molecule has 0 unspecified atom stereocenters. The van der Waals surface area contributed by atoms with Crippen LogP contribution in [0, 0.1) is 39.0 Å². The number of rotatable bonds is 6. The molecule has 0 aliphatic heterocycles. The van der Waals surface area contributed by atoms with Gasteiger partial charge in [0, 0.05) is 32.7 Å². The molecule has 0 aliphatic rings. The summed E-state index contributed by atoms with van der Waals surface area (Å²) in [6.45, 7) is 8.63. The number of fused-ring (bicyclic) bond motifs is 6. The SMILES string of the molecule is Cc1ccc(-c2ccc3c4ccccc4n(-c4cc(-c5cccc(-c6ccccc6)n5)cc(-n5c6ccccc6c6ccc(-c7ccc(C)cc7C)cc65)c4C#N)c3c2)c(C)c1. The maximum atomic E-state index is 11.6. The predicted octanol–water partition coefficient (Wildman–Crippen LogP) is 15.0. The Hall–Kier alpha value is -8.00. The van der Waals surface area contributed by atoms with Gasteiger partial charge in [0.05, 0.1) is 44.8 Å². The highest BCUT2D eigenvalue weighted by Gasteiger charge is 2.24. The van der Waals surface area contributed by atoms with Gasteiger partial charge in [0.1, 0.15) is 11.6 Å². The van der Waals surface area contributed by atoms with Crippen molar-refractivity contribution in [3.63, 3.8) is 0 Å². The van der Waals surface area contributed by atoms with E-state index in [1.807, 2.05) is 18.2 Å². The molecule has 0 fully saturated rings. The van der Waals surface area contributed by atoms with E-state index >= 15 is 0 Å². The van der Waals surface area contributed by atoms with Gasteiger partial charge in [0.25, 0.3) is 0 Å². The summed E-state index contributed by atoms with van der Waals surface area (Å²) < 4.78 is 4.61. The highest BCUT2D eigenvalue weighted by atomic mass is 15.0. The van der Waals surface area contributed by atoms with Gasteiger partial charge in [-0.25, -0.2) is 4.98 Å². The second kappa shape index (κ2) is 14.6. The number of para-hydroxylation sites is 2. The van der Waals surface area contributed by atoms with Crippen LogP contribution in [0.3, 0.4) is 0 Å². The summed E-state index contributed by atoms with van der Waals surface area (Å²) in [6, 6.07) is 67.6. The van der Waals surface area contributed by atoms with E-state index in [4.69, 9.17) is 4.98 Å². The van der Waals surface area contributed by atoms with Gasteiger partial charge >= 0.3 is 0 Å². The molecule has 8 aromatic carbocycles. The van der Waals surface area contributed by atoms with Crippen LogP contribution < -0.4 is 0 Å². The summed E-state index contributed by atoms with van der Waals surface area (Å²) in [5.41, 5.74) is 19.6. The average molecular weight is 795 g/mol. The van der Waals surface area contributed by atoms with Crippen LogP contribution in [0.15, 0.2) is 182 Å². The second-order valence-electron chi connectivity index (χ2n) is 16.6. The molecule has 4 nitrogen and oxygen atoms in total. The minimum absolute atomic E-state index is 0.576. The fraction of sp³-hybridized carbons (Fsp3) is 0.0690. The molecule has 11 rings (SSSR count). The summed E-state index contributed by atoms with van der Waals surface area (Å²) in [5, 5.41) is 16.2. The summed E-state index contributed by atoms with van der Waals surface area (Å²) in [7, 11) is 0. The Bertz CT molecular complexity index is 3440. The molecule has 3 heterocycles. The van der Waals surface area contributed by atoms with Crippen LogP contribution in [0.25, 0.3) is 99.8 Å². The third kappa shape index (κ3) is 6.01. The average Bonchev–Trinajstić information content (AvgIpc) is 3.81. The molecular weight excluding hydrogens is 753 g/mol. The van der Waals surface area contributed by atoms with Gasteiger partial charge in [-0.2, -0.15) is 5.26 Å². The lowest BCUT2D eigenvalue weighted by Crippen LogP contribution is -2.05. The first kappa shape index (κ1) is 37.0. The van der Waals surface area contributed by atoms with E-state index in [-0.39, 0.29) is 0 Å². The van der Waals surface area contributed by atoms with Crippen molar-refractivity contribution in [1.29, 1.82) is 5.26 Å². The minimum atomic E-state index is 0.576. The first-order valence-corrected chi connectivity index (χ1v) is 21.2. The topological polar surface area (TPSA) is 46.5 Å². The van der Waals surface area contributed by atoms with E-state index in [1.165, 1.54) is 33.4 Å². The molecule has 0 N–H and O–H groups in total.